The van der Waals surface area contributed by atoms with E-state index in [1.165, 1.54) is 11.8 Å². The molecule has 0 saturated heterocycles. The highest BCUT2D eigenvalue weighted by Gasteiger charge is 2.13. The number of hydrogen-bond donors (Lipinski definition) is 2. The molecule has 2 heterocycles. The number of methoxy groups -OCH3 is 1. The maximum atomic E-state index is 12.7. The summed E-state index contributed by atoms with van der Waals surface area (Å²) in [5, 5.41) is 12.8. The van der Waals surface area contributed by atoms with Gasteiger partial charge in [-0.05, 0) is 42.3 Å². The molecule has 6 heteroatoms. The van der Waals surface area contributed by atoms with Crippen molar-refractivity contribution in [1.82, 2.24) is 14.8 Å². The first kappa shape index (κ1) is 17.5. The molecule has 0 aliphatic carbocycles. The third kappa shape index (κ3) is 3.54. The molecule has 0 radical (unpaired) electrons. The van der Waals surface area contributed by atoms with E-state index in [1.807, 2.05) is 31.2 Å². The van der Waals surface area contributed by atoms with Gasteiger partial charge in [0, 0.05) is 11.8 Å². The summed E-state index contributed by atoms with van der Waals surface area (Å²) in [6.45, 7) is 2.04. The standard InChI is InChI=1S/C20H21N3O3/c1-3-6-15-16(10-8-14-9-11-17(24)18(13-14)26-2)22-23(20(15)25)19-7-4-5-12-21-19/h4-5,7-13,22,24H,3,6H2,1-2H3/b10-8+. The van der Waals surface area contributed by atoms with E-state index in [0.29, 0.717) is 18.0 Å². The molecule has 134 valence electrons. The molecule has 0 aliphatic rings. The van der Waals surface area contributed by atoms with E-state index in [4.69, 9.17) is 4.74 Å². The first-order valence-electron chi connectivity index (χ1n) is 8.44. The highest BCUT2D eigenvalue weighted by atomic mass is 16.5. The summed E-state index contributed by atoms with van der Waals surface area (Å²) < 4.78 is 6.59. The van der Waals surface area contributed by atoms with E-state index in [-0.39, 0.29) is 11.3 Å². The fraction of sp³-hybridized carbons (Fsp3) is 0.200. The molecule has 0 aliphatic heterocycles. The van der Waals surface area contributed by atoms with Crippen LogP contribution >= 0.6 is 0 Å². The monoisotopic (exact) mass is 351 g/mol. The van der Waals surface area contributed by atoms with Crippen LogP contribution in [-0.2, 0) is 6.42 Å². The Bertz CT molecular complexity index is 972. The van der Waals surface area contributed by atoms with Crippen molar-refractivity contribution in [2.75, 3.05) is 7.11 Å². The minimum absolute atomic E-state index is 0.0889. The first-order chi connectivity index (χ1) is 12.6. The van der Waals surface area contributed by atoms with Crippen molar-refractivity contribution in [3.63, 3.8) is 0 Å². The Morgan fingerprint density at radius 3 is 2.81 bits per heavy atom. The van der Waals surface area contributed by atoms with Crippen molar-refractivity contribution in [2.45, 2.75) is 19.8 Å². The van der Waals surface area contributed by atoms with Crippen LogP contribution in [0.1, 0.15) is 30.2 Å². The summed E-state index contributed by atoms with van der Waals surface area (Å²) in [4.78, 5) is 17.0. The maximum Gasteiger partial charge on any atom is 0.276 e. The van der Waals surface area contributed by atoms with Gasteiger partial charge in [-0.15, -0.1) is 0 Å². The van der Waals surface area contributed by atoms with Crippen LogP contribution in [0, 0.1) is 0 Å². The van der Waals surface area contributed by atoms with Crippen LogP contribution in [0.25, 0.3) is 18.0 Å². The number of H-pyrrole nitrogens is 1. The van der Waals surface area contributed by atoms with Crippen molar-refractivity contribution >= 4 is 12.2 Å². The SMILES string of the molecule is CCCc1c(/C=C/c2ccc(O)c(OC)c2)[nH]n(-c2ccccn2)c1=O. The molecular formula is C20H21N3O3. The van der Waals surface area contributed by atoms with Gasteiger partial charge >= 0.3 is 0 Å². The van der Waals surface area contributed by atoms with Gasteiger partial charge in [0.15, 0.2) is 17.3 Å². The van der Waals surface area contributed by atoms with Gasteiger partial charge in [0.1, 0.15) is 0 Å². The van der Waals surface area contributed by atoms with Crippen LogP contribution in [0.2, 0.25) is 0 Å². The molecule has 0 atom stereocenters. The van der Waals surface area contributed by atoms with Crippen molar-refractivity contribution in [2.24, 2.45) is 0 Å². The van der Waals surface area contributed by atoms with E-state index in [2.05, 4.69) is 10.1 Å². The zero-order valence-electron chi connectivity index (χ0n) is 14.8. The van der Waals surface area contributed by atoms with Crippen molar-refractivity contribution < 1.29 is 9.84 Å². The van der Waals surface area contributed by atoms with Gasteiger partial charge in [0.2, 0.25) is 0 Å². The Morgan fingerprint density at radius 2 is 2.12 bits per heavy atom. The van der Waals surface area contributed by atoms with Gasteiger partial charge in [-0.25, -0.2) is 9.67 Å². The summed E-state index contributed by atoms with van der Waals surface area (Å²) in [6.07, 6.45) is 6.92. The average Bonchev–Trinajstić information content (AvgIpc) is 2.98. The Morgan fingerprint density at radius 1 is 1.27 bits per heavy atom. The van der Waals surface area contributed by atoms with Crippen LogP contribution < -0.4 is 10.3 Å². The summed E-state index contributed by atoms with van der Waals surface area (Å²) >= 11 is 0. The molecule has 2 N–H and O–H groups in total. The summed E-state index contributed by atoms with van der Waals surface area (Å²) in [5.41, 5.74) is 2.23. The summed E-state index contributed by atoms with van der Waals surface area (Å²) in [7, 11) is 1.51. The molecule has 0 saturated carbocycles. The minimum atomic E-state index is -0.0894. The topological polar surface area (TPSA) is 80.1 Å². The van der Waals surface area contributed by atoms with Gasteiger partial charge in [-0.1, -0.05) is 31.6 Å². The lowest BCUT2D eigenvalue weighted by Crippen LogP contribution is -2.18. The number of rotatable bonds is 6. The van der Waals surface area contributed by atoms with E-state index < -0.39 is 0 Å². The second kappa shape index (κ2) is 7.74. The third-order valence-corrected chi connectivity index (χ3v) is 4.04. The lowest BCUT2D eigenvalue weighted by atomic mass is 10.1. The van der Waals surface area contributed by atoms with Gasteiger partial charge < -0.3 is 9.84 Å². The lowest BCUT2D eigenvalue weighted by Gasteiger charge is -2.03. The number of aromatic hydroxyl groups is 1. The smallest absolute Gasteiger partial charge is 0.276 e. The number of pyridine rings is 1. The molecule has 3 rings (SSSR count). The normalized spacial score (nSPS) is 11.2. The molecule has 3 aromatic rings. The number of aromatic amines is 1. The maximum absolute atomic E-state index is 12.7. The van der Waals surface area contributed by atoms with Crippen LogP contribution in [0.15, 0.2) is 47.4 Å². The molecule has 0 amide bonds. The predicted molar refractivity (Wildman–Crippen MR) is 102 cm³/mol. The number of benzene rings is 1. The van der Waals surface area contributed by atoms with Crippen LogP contribution in [-0.4, -0.2) is 27.0 Å². The molecule has 1 aromatic carbocycles. The van der Waals surface area contributed by atoms with Crippen molar-refractivity contribution in [1.29, 1.82) is 0 Å². The molecule has 6 nitrogen and oxygen atoms in total. The number of nitrogens with zero attached hydrogens (tertiary/aromatic N) is 2. The fourth-order valence-corrected chi connectivity index (χ4v) is 2.74. The number of aromatic nitrogens is 3. The number of hydrogen-bond acceptors (Lipinski definition) is 4. The number of phenols is 1. The number of nitrogens with one attached hydrogen (secondary N) is 1. The highest BCUT2D eigenvalue weighted by Crippen LogP contribution is 2.27. The van der Waals surface area contributed by atoms with E-state index >= 15 is 0 Å². The lowest BCUT2D eigenvalue weighted by molar-refractivity contribution is 0.373. The van der Waals surface area contributed by atoms with Crippen molar-refractivity contribution in [3.05, 3.63) is 69.8 Å². The van der Waals surface area contributed by atoms with Gasteiger partial charge in [-0.3, -0.25) is 9.89 Å². The molecule has 26 heavy (non-hydrogen) atoms. The van der Waals surface area contributed by atoms with E-state index in [0.717, 1.165) is 23.2 Å². The van der Waals surface area contributed by atoms with Crippen LogP contribution in [0.3, 0.4) is 0 Å². The zero-order chi connectivity index (χ0) is 18.5. The Hall–Kier alpha value is -3.28. The fourth-order valence-electron chi connectivity index (χ4n) is 2.74. The van der Waals surface area contributed by atoms with Crippen molar-refractivity contribution in [3.8, 4) is 17.3 Å². The molecule has 0 bridgehead atoms. The van der Waals surface area contributed by atoms with Gasteiger partial charge in [-0.2, -0.15) is 0 Å². The Balaban J connectivity index is 2.00. The average molecular weight is 351 g/mol. The highest BCUT2D eigenvalue weighted by molar-refractivity contribution is 5.70. The van der Waals surface area contributed by atoms with Gasteiger partial charge in [0.25, 0.3) is 5.56 Å². The van der Waals surface area contributed by atoms with Gasteiger partial charge in [0.05, 0.1) is 12.8 Å². The quantitative estimate of drug-likeness (QED) is 0.713. The van der Waals surface area contributed by atoms with E-state index in [1.54, 1.807) is 30.5 Å². The molecule has 0 unspecified atom stereocenters. The molecular weight excluding hydrogens is 330 g/mol. The second-order valence-electron chi connectivity index (χ2n) is 5.85. The van der Waals surface area contributed by atoms with Crippen LogP contribution in [0.5, 0.6) is 11.5 Å². The largest absolute Gasteiger partial charge is 0.504 e. The van der Waals surface area contributed by atoms with E-state index in [9.17, 15) is 9.90 Å². The predicted octanol–water partition coefficient (Wildman–Crippen LogP) is 3.40. The third-order valence-electron chi connectivity index (χ3n) is 4.04. The molecule has 2 aromatic heterocycles. The summed E-state index contributed by atoms with van der Waals surface area (Å²) in [5.74, 6) is 1.05. The second-order valence-corrected chi connectivity index (χ2v) is 5.85. The Kier molecular flexibility index (Phi) is 5.22. The Labute approximate surface area is 151 Å². The zero-order valence-corrected chi connectivity index (χ0v) is 14.8. The first-order valence-corrected chi connectivity index (χ1v) is 8.44. The number of phenolic OH excluding ortho intramolecular Hbond substituents is 1. The van der Waals surface area contributed by atoms with Crippen LogP contribution in [0.4, 0.5) is 0 Å². The molecule has 0 spiro atoms. The number of ether oxygens (including phenoxy) is 1. The minimum Gasteiger partial charge on any atom is -0.504 e. The molecule has 0 fully saturated rings. The summed E-state index contributed by atoms with van der Waals surface area (Å²) in [6, 6.07) is 10.5.